The summed E-state index contributed by atoms with van der Waals surface area (Å²) in [6, 6.07) is 6.75. The van der Waals surface area contributed by atoms with Crippen molar-refractivity contribution in [1.29, 1.82) is 5.41 Å². The van der Waals surface area contributed by atoms with Gasteiger partial charge in [-0.1, -0.05) is 0 Å². The molecule has 1 aromatic carbocycles. The maximum atomic E-state index is 12.2. The van der Waals surface area contributed by atoms with Crippen LogP contribution < -0.4 is 11.1 Å². The summed E-state index contributed by atoms with van der Waals surface area (Å²) in [4.78, 5) is 26.2. The van der Waals surface area contributed by atoms with E-state index in [4.69, 9.17) is 15.9 Å². The van der Waals surface area contributed by atoms with Gasteiger partial charge in [0.15, 0.2) is 0 Å². The monoisotopic (exact) mass is 374 g/mol. The van der Waals surface area contributed by atoms with Crippen molar-refractivity contribution in [2.75, 3.05) is 25.0 Å². The van der Waals surface area contributed by atoms with Crippen LogP contribution in [-0.2, 0) is 14.3 Å². The Labute approximate surface area is 160 Å². The van der Waals surface area contributed by atoms with E-state index >= 15 is 0 Å². The molecular formula is C20H30N4O3. The van der Waals surface area contributed by atoms with Crippen molar-refractivity contribution in [3.05, 3.63) is 29.8 Å². The van der Waals surface area contributed by atoms with Gasteiger partial charge in [0, 0.05) is 17.7 Å². The fourth-order valence-corrected chi connectivity index (χ4v) is 3.33. The smallest absolute Gasteiger partial charge is 0.323 e. The molecule has 7 heteroatoms. The number of nitrogens with two attached hydrogens (primary N) is 1. The van der Waals surface area contributed by atoms with Crippen molar-refractivity contribution >= 4 is 23.4 Å². The van der Waals surface area contributed by atoms with Gasteiger partial charge in [-0.2, -0.15) is 0 Å². The van der Waals surface area contributed by atoms with Gasteiger partial charge < -0.3 is 15.8 Å². The highest BCUT2D eigenvalue weighted by atomic mass is 16.5. The fourth-order valence-electron chi connectivity index (χ4n) is 3.33. The lowest BCUT2D eigenvalue weighted by molar-refractivity contribution is -0.149. The molecule has 0 saturated carbocycles. The molecule has 1 fully saturated rings. The highest BCUT2D eigenvalue weighted by Crippen LogP contribution is 2.24. The first-order valence-corrected chi connectivity index (χ1v) is 9.55. The highest BCUT2D eigenvalue weighted by molar-refractivity contribution is 5.96. The largest absolute Gasteiger partial charge is 0.465 e. The molecule has 27 heavy (non-hydrogen) atoms. The van der Waals surface area contributed by atoms with E-state index in [1.165, 1.54) is 0 Å². The van der Waals surface area contributed by atoms with Crippen LogP contribution in [0.25, 0.3) is 0 Å². The summed E-state index contributed by atoms with van der Waals surface area (Å²) in [5.74, 6) is 0.344. The van der Waals surface area contributed by atoms with Gasteiger partial charge in [0.2, 0.25) is 5.91 Å². The minimum Gasteiger partial charge on any atom is -0.465 e. The number of carbonyl (C=O) groups excluding carboxylic acids is 2. The number of nitrogen functional groups attached to an aromatic ring is 1. The number of carbonyl (C=O) groups is 2. The summed E-state index contributed by atoms with van der Waals surface area (Å²) < 4.78 is 5.09. The number of amides is 1. The summed E-state index contributed by atoms with van der Waals surface area (Å²) in [6.07, 6.45) is 3.31. The standard InChI is InChI=1S/C20H30N4O3/c1-3-27-20(26)14(2)24-12-10-15(11-13-24)4-9-18(25)23-17-7-5-16(6-8-17)19(21)22/h5-8,14-15H,3-4,9-13H2,1-2H3,(H3,21,22)(H,23,25). The summed E-state index contributed by atoms with van der Waals surface area (Å²) in [6.45, 7) is 5.84. The maximum Gasteiger partial charge on any atom is 0.323 e. The van der Waals surface area contributed by atoms with Crippen LogP contribution in [0.15, 0.2) is 24.3 Å². The third-order valence-electron chi connectivity index (χ3n) is 5.08. The Kier molecular flexibility index (Phi) is 7.79. The van der Waals surface area contributed by atoms with E-state index < -0.39 is 0 Å². The van der Waals surface area contributed by atoms with E-state index in [1.54, 1.807) is 24.3 Å². The van der Waals surface area contributed by atoms with Gasteiger partial charge in [-0.3, -0.25) is 19.9 Å². The molecule has 0 bridgehead atoms. The quantitative estimate of drug-likeness (QED) is 0.368. The van der Waals surface area contributed by atoms with Gasteiger partial charge in [-0.15, -0.1) is 0 Å². The maximum absolute atomic E-state index is 12.2. The lowest BCUT2D eigenvalue weighted by Gasteiger charge is -2.34. The number of esters is 1. The van der Waals surface area contributed by atoms with Crippen LogP contribution >= 0.6 is 0 Å². The van der Waals surface area contributed by atoms with Crippen molar-refractivity contribution in [3.8, 4) is 0 Å². The molecule has 1 aliphatic heterocycles. The summed E-state index contributed by atoms with van der Waals surface area (Å²) in [7, 11) is 0. The Morgan fingerprint density at radius 2 is 1.93 bits per heavy atom. The van der Waals surface area contributed by atoms with Crippen LogP contribution in [0.4, 0.5) is 5.69 Å². The number of piperidine rings is 1. The average molecular weight is 374 g/mol. The van der Waals surface area contributed by atoms with Gasteiger partial charge in [-0.25, -0.2) is 0 Å². The van der Waals surface area contributed by atoms with E-state index in [1.807, 2.05) is 13.8 Å². The van der Waals surface area contributed by atoms with Crippen LogP contribution in [0.1, 0.15) is 45.1 Å². The van der Waals surface area contributed by atoms with E-state index in [0.29, 0.717) is 30.2 Å². The molecule has 0 aliphatic carbocycles. The number of ether oxygens (including phenoxy) is 1. The third kappa shape index (κ3) is 6.36. The Morgan fingerprint density at radius 3 is 2.48 bits per heavy atom. The molecule has 0 spiro atoms. The number of benzene rings is 1. The second kappa shape index (κ2) is 10.1. The Morgan fingerprint density at radius 1 is 1.30 bits per heavy atom. The number of hydrogen-bond acceptors (Lipinski definition) is 5. The first kappa shape index (κ1) is 20.9. The second-order valence-corrected chi connectivity index (χ2v) is 6.99. The van der Waals surface area contributed by atoms with Gasteiger partial charge in [0.1, 0.15) is 11.9 Å². The molecule has 0 radical (unpaired) electrons. The lowest BCUT2D eigenvalue weighted by Crippen LogP contribution is -2.44. The molecule has 148 valence electrons. The Balaban J connectivity index is 1.70. The third-order valence-corrected chi connectivity index (χ3v) is 5.08. The van der Waals surface area contributed by atoms with Crippen molar-refractivity contribution in [2.24, 2.45) is 11.7 Å². The van der Waals surface area contributed by atoms with Crippen LogP contribution in [0, 0.1) is 11.3 Å². The predicted octanol–water partition coefficient (Wildman–Crippen LogP) is 2.35. The molecular weight excluding hydrogens is 344 g/mol. The number of nitrogens with one attached hydrogen (secondary N) is 2. The van der Waals surface area contributed by atoms with Crippen molar-refractivity contribution in [2.45, 2.75) is 45.6 Å². The van der Waals surface area contributed by atoms with Gasteiger partial charge in [0.25, 0.3) is 0 Å². The number of amidine groups is 1. The number of likely N-dealkylation sites (tertiary alicyclic amines) is 1. The molecule has 7 nitrogen and oxygen atoms in total. The summed E-state index contributed by atoms with van der Waals surface area (Å²) >= 11 is 0. The van der Waals surface area contributed by atoms with Gasteiger partial charge >= 0.3 is 5.97 Å². The molecule has 1 atom stereocenters. The SMILES string of the molecule is CCOC(=O)C(C)N1CCC(CCC(=O)Nc2ccc(C(=N)N)cc2)CC1. The molecule has 1 saturated heterocycles. The summed E-state index contributed by atoms with van der Waals surface area (Å²) in [5.41, 5.74) is 6.77. The number of anilines is 1. The molecule has 1 heterocycles. The van der Waals surface area contributed by atoms with Crippen molar-refractivity contribution in [3.63, 3.8) is 0 Å². The molecule has 1 aromatic rings. The molecule has 1 amide bonds. The Bertz CT molecular complexity index is 652. The minimum atomic E-state index is -0.202. The highest BCUT2D eigenvalue weighted by Gasteiger charge is 2.27. The van der Waals surface area contributed by atoms with Crippen molar-refractivity contribution in [1.82, 2.24) is 4.90 Å². The van der Waals surface area contributed by atoms with Crippen LogP contribution in [0.2, 0.25) is 0 Å². The van der Waals surface area contributed by atoms with Gasteiger partial charge in [-0.05, 0) is 76.4 Å². The first-order valence-electron chi connectivity index (χ1n) is 9.55. The van der Waals surface area contributed by atoms with Crippen LogP contribution in [0.5, 0.6) is 0 Å². The van der Waals surface area contributed by atoms with E-state index in [9.17, 15) is 9.59 Å². The van der Waals surface area contributed by atoms with E-state index in [-0.39, 0.29) is 23.8 Å². The zero-order valence-electron chi connectivity index (χ0n) is 16.2. The first-order chi connectivity index (χ1) is 12.9. The topological polar surface area (TPSA) is 109 Å². The molecule has 4 N–H and O–H groups in total. The van der Waals surface area contributed by atoms with E-state index in [0.717, 1.165) is 32.4 Å². The van der Waals surface area contributed by atoms with Crippen LogP contribution in [-0.4, -0.2) is 48.4 Å². The number of nitrogens with zero attached hydrogens (tertiary/aromatic N) is 1. The van der Waals surface area contributed by atoms with E-state index in [2.05, 4.69) is 10.2 Å². The zero-order chi connectivity index (χ0) is 19.8. The Hall–Kier alpha value is -2.41. The van der Waals surface area contributed by atoms with Gasteiger partial charge in [0.05, 0.1) is 6.61 Å². The average Bonchev–Trinajstić information content (AvgIpc) is 2.67. The molecule has 1 unspecified atom stereocenters. The molecule has 0 aromatic heterocycles. The van der Waals surface area contributed by atoms with Crippen molar-refractivity contribution < 1.29 is 14.3 Å². The zero-order valence-corrected chi connectivity index (χ0v) is 16.2. The predicted molar refractivity (Wildman–Crippen MR) is 106 cm³/mol. The summed E-state index contributed by atoms with van der Waals surface area (Å²) in [5, 5.41) is 10.3. The van der Waals surface area contributed by atoms with Crippen LogP contribution in [0.3, 0.4) is 0 Å². The number of hydrogen-bond donors (Lipinski definition) is 3. The molecule has 2 rings (SSSR count). The minimum absolute atomic E-state index is 0.00658. The lowest BCUT2D eigenvalue weighted by atomic mass is 9.91. The normalized spacial score (nSPS) is 16.5. The second-order valence-electron chi connectivity index (χ2n) is 6.99. The number of rotatable bonds is 8. The fraction of sp³-hybridized carbons (Fsp3) is 0.550. The molecule has 1 aliphatic rings.